The third kappa shape index (κ3) is 6.51. The minimum absolute atomic E-state index is 0.101. The molecule has 1 fully saturated rings. The van der Waals surface area contributed by atoms with Gasteiger partial charge in [-0.1, -0.05) is 20.8 Å². The Bertz CT molecular complexity index is 606. The van der Waals surface area contributed by atoms with Crippen molar-refractivity contribution in [3.05, 3.63) is 17.8 Å². The highest BCUT2D eigenvalue weighted by molar-refractivity contribution is 5.79. The third-order valence-electron chi connectivity index (χ3n) is 4.25. The van der Waals surface area contributed by atoms with Crippen LogP contribution in [0.15, 0.2) is 15.6 Å². The summed E-state index contributed by atoms with van der Waals surface area (Å²) < 4.78 is 43.0. The van der Waals surface area contributed by atoms with Gasteiger partial charge >= 0.3 is 6.18 Å². The molecule has 148 valence electrons. The highest BCUT2D eigenvalue weighted by atomic mass is 19.4. The second-order valence-corrected chi connectivity index (χ2v) is 7.68. The Kier molecular flexibility index (Phi) is 6.54. The Labute approximate surface area is 152 Å². The monoisotopic (exact) mass is 375 g/mol. The molecule has 1 aliphatic rings. The van der Waals surface area contributed by atoms with Crippen molar-refractivity contribution in [2.24, 2.45) is 10.9 Å². The molecule has 2 heterocycles. The van der Waals surface area contributed by atoms with Crippen molar-refractivity contribution < 1.29 is 17.6 Å². The molecule has 0 radical (unpaired) electrons. The van der Waals surface area contributed by atoms with E-state index in [0.29, 0.717) is 38.0 Å². The minimum atomic E-state index is -4.14. The zero-order valence-electron chi connectivity index (χ0n) is 15.8. The van der Waals surface area contributed by atoms with Gasteiger partial charge < -0.3 is 15.1 Å². The molecule has 0 bridgehead atoms. The van der Waals surface area contributed by atoms with Gasteiger partial charge in [0.2, 0.25) is 5.89 Å². The first-order valence-corrected chi connectivity index (χ1v) is 8.75. The molecule has 0 aliphatic carbocycles. The Hall–Kier alpha value is -1.77. The van der Waals surface area contributed by atoms with E-state index in [9.17, 15) is 13.2 Å². The van der Waals surface area contributed by atoms with Crippen LogP contribution in [-0.2, 0) is 12.0 Å². The Balaban J connectivity index is 1.74. The minimum Gasteiger partial charge on any atom is -0.443 e. The van der Waals surface area contributed by atoms with Crippen LogP contribution in [0, 0.1) is 5.92 Å². The van der Waals surface area contributed by atoms with Crippen LogP contribution in [0.4, 0.5) is 13.2 Å². The maximum absolute atomic E-state index is 12.4. The SMILES string of the molecule is CN=C(NCc1ncc(C(C)(C)C)o1)NCC1CCN(CC(F)(F)F)C1. The molecule has 1 saturated heterocycles. The maximum atomic E-state index is 12.4. The van der Waals surface area contributed by atoms with Gasteiger partial charge in [-0.05, 0) is 18.9 Å². The first-order valence-electron chi connectivity index (χ1n) is 8.75. The second kappa shape index (κ2) is 8.28. The Morgan fingerprint density at radius 2 is 2.08 bits per heavy atom. The van der Waals surface area contributed by atoms with E-state index in [4.69, 9.17) is 4.42 Å². The summed E-state index contributed by atoms with van der Waals surface area (Å²) in [6.45, 7) is 7.20. The lowest BCUT2D eigenvalue weighted by molar-refractivity contribution is -0.143. The Morgan fingerprint density at radius 3 is 2.65 bits per heavy atom. The summed E-state index contributed by atoms with van der Waals surface area (Å²) in [7, 11) is 1.65. The standard InChI is InChI=1S/C17H28F3N5O/c1-16(2,3)13-8-22-14(26-13)9-24-15(21-4)23-7-12-5-6-25(10-12)11-17(18,19)20/h8,12H,5-7,9-11H2,1-4H3,(H2,21,23,24). The van der Waals surface area contributed by atoms with E-state index in [-0.39, 0.29) is 11.3 Å². The molecule has 6 nitrogen and oxygen atoms in total. The summed E-state index contributed by atoms with van der Waals surface area (Å²) in [6.07, 6.45) is -1.67. The molecule has 1 unspecified atom stereocenters. The molecule has 2 N–H and O–H groups in total. The molecule has 2 rings (SSSR count). The maximum Gasteiger partial charge on any atom is 0.401 e. The number of hydrogen-bond acceptors (Lipinski definition) is 4. The van der Waals surface area contributed by atoms with Crippen molar-refractivity contribution in [1.82, 2.24) is 20.5 Å². The third-order valence-corrected chi connectivity index (χ3v) is 4.25. The zero-order valence-corrected chi connectivity index (χ0v) is 15.8. The fraction of sp³-hybridized carbons (Fsp3) is 0.765. The average molecular weight is 375 g/mol. The number of nitrogens with zero attached hydrogens (tertiary/aromatic N) is 3. The quantitative estimate of drug-likeness (QED) is 0.612. The summed E-state index contributed by atoms with van der Waals surface area (Å²) in [4.78, 5) is 9.82. The molecule has 9 heteroatoms. The normalized spacial score (nSPS) is 19.8. The van der Waals surface area contributed by atoms with Gasteiger partial charge in [0.25, 0.3) is 0 Å². The molecule has 0 aromatic carbocycles. The highest BCUT2D eigenvalue weighted by Gasteiger charge is 2.34. The number of aromatic nitrogens is 1. The van der Waals surface area contributed by atoms with Crippen molar-refractivity contribution >= 4 is 5.96 Å². The van der Waals surface area contributed by atoms with E-state index in [0.717, 1.165) is 12.2 Å². The fourth-order valence-corrected chi connectivity index (χ4v) is 2.84. The molecule has 1 aromatic heterocycles. The van der Waals surface area contributed by atoms with Crippen LogP contribution in [0.5, 0.6) is 0 Å². The zero-order chi connectivity index (χ0) is 19.4. The van der Waals surface area contributed by atoms with Gasteiger partial charge in [-0.25, -0.2) is 4.98 Å². The van der Waals surface area contributed by atoms with Crippen molar-refractivity contribution in [3.63, 3.8) is 0 Å². The largest absolute Gasteiger partial charge is 0.443 e. The molecule has 0 amide bonds. The molecule has 0 saturated carbocycles. The van der Waals surface area contributed by atoms with Gasteiger partial charge in [0.15, 0.2) is 5.96 Å². The first kappa shape index (κ1) is 20.5. The van der Waals surface area contributed by atoms with Gasteiger partial charge in [0.1, 0.15) is 5.76 Å². The molecule has 1 atom stereocenters. The first-order chi connectivity index (χ1) is 12.1. The number of guanidine groups is 1. The van der Waals surface area contributed by atoms with Crippen LogP contribution in [0.25, 0.3) is 0 Å². The van der Waals surface area contributed by atoms with E-state index in [1.54, 1.807) is 13.2 Å². The lowest BCUT2D eigenvalue weighted by Crippen LogP contribution is -2.40. The number of hydrogen-bond donors (Lipinski definition) is 2. The number of aliphatic imine (C=N–C) groups is 1. The van der Waals surface area contributed by atoms with Crippen LogP contribution in [-0.4, -0.2) is 55.2 Å². The summed E-state index contributed by atoms with van der Waals surface area (Å²) in [5.41, 5.74) is -0.101. The summed E-state index contributed by atoms with van der Waals surface area (Å²) in [6, 6.07) is 0. The topological polar surface area (TPSA) is 65.7 Å². The second-order valence-electron chi connectivity index (χ2n) is 7.68. The number of rotatable bonds is 5. The molecular weight excluding hydrogens is 347 g/mol. The number of nitrogens with one attached hydrogen (secondary N) is 2. The molecule has 0 spiro atoms. The number of alkyl halides is 3. The van der Waals surface area contributed by atoms with Crippen LogP contribution in [0.1, 0.15) is 38.8 Å². The van der Waals surface area contributed by atoms with Gasteiger partial charge in [-0.2, -0.15) is 13.2 Å². The average Bonchev–Trinajstić information content (AvgIpc) is 3.14. The van der Waals surface area contributed by atoms with Crippen molar-refractivity contribution in [2.45, 2.75) is 45.3 Å². The van der Waals surface area contributed by atoms with Gasteiger partial charge in [-0.15, -0.1) is 0 Å². The van der Waals surface area contributed by atoms with Crippen LogP contribution in [0.2, 0.25) is 0 Å². The van der Waals surface area contributed by atoms with E-state index in [1.165, 1.54) is 4.90 Å². The lowest BCUT2D eigenvalue weighted by atomic mass is 9.94. The van der Waals surface area contributed by atoms with E-state index >= 15 is 0 Å². The summed E-state index contributed by atoms with van der Waals surface area (Å²) in [5.74, 6) is 2.13. The van der Waals surface area contributed by atoms with Crippen molar-refractivity contribution in [2.75, 3.05) is 33.2 Å². The summed E-state index contributed by atoms with van der Waals surface area (Å²) >= 11 is 0. The predicted molar refractivity (Wildman–Crippen MR) is 94.0 cm³/mol. The van der Waals surface area contributed by atoms with Gasteiger partial charge in [-0.3, -0.25) is 9.89 Å². The number of halogens is 3. The predicted octanol–water partition coefficient (Wildman–Crippen LogP) is 2.52. The Morgan fingerprint density at radius 1 is 1.35 bits per heavy atom. The van der Waals surface area contributed by atoms with E-state index in [2.05, 4.69) is 41.4 Å². The molecule has 1 aliphatic heterocycles. The van der Waals surface area contributed by atoms with E-state index < -0.39 is 12.7 Å². The molecular formula is C17H28F3N5O. The van der Waals surface area contributed by atoms with Gasteiger partial charge in [0, 0.05) is 25.6 Å². The van der Waals surface area contributed by atoms with Gasteiger partial charge in [0.05, 0.1) is 19.3 Å². The van der Waals surface area contributed by atoms with Crippen LogP contribution < -0.4 is 10.6 Å². The summed E-state index contributed by atoms with van der Waals surface area (Å²) in [5, 5.41) is 6.28. The molecule has 1 aromatic rings. The van der Waals surface area contributed by atoms with E-state index in [1.807, 2.05) is 0 Å². The van der Waals surface area contributed by atoms with Crippen molar-refractivity contribution in [1.29, 1.82) is 0 Å². The highest BCUT2D eigenvalue weighted by Crippen LogP contribution is 2.23. The fourth-order valence-electron chi connectivity index (χ4n) is 2.84. The number of likely N-dealkylation sites (tertiary alicyclic amines) is 1. The smallest absolute Gasteiger partial charge is 0.401 e. The lowest BCUT2D eigenvalue weighted by Gasteiger charge is -2.18. The number of oxazole rings is 1. The van der Waals surface area contributed by atoms with Crippen molar-refractivity contribution in [3.8, 4) is 0 Å². The molecule has 26 heavy (non-hydrogen) atoms. The van der Waals surface area contributed by atoms with Crippen LogP contribution >= 0.6 is 0 Å². The van der Waals surface area contributed by atoms with Crippen LogP contribution in [0.3, 0.4) is 0 Å².